The van der Waals surface area contributed by atoms with Gasteiger partial charge in [0.1, 0.15) is 12.4 Å². The number of unbranched alkanes of at least 4 members (excludes halogenated alkanes) is 4. The molecule has 424 valence electrons. The lowest BCUT2D eigenvalue weighted by atomic mass is 9.50. The number of pyridine rings is 2. The Morgan fingerprint density at radius 2 is 1.65 bits per heavy atom. The Kier molecular flexibility index (Phi) is 15.1. The van der Waals surface area contributed by atoms with Crippen molar-refractivity contribution in [2.24, 2.45) is 17.3 Å². The van der Waals surface area contributed by atoms with Gasteiger partial charge in [-0.05, 0) is 156 Å². The van der Waals surface area contributed by atoms with Crippen molar-refractivity contribution >= 4 is 46.2 Å². The number of nitrogens with zero attached hydrogens (tertiary/aromatic N) is 6. The third-order valence-corrected chi connectivity index (χ3v) is 19.5. The van der Waals surface area contributed by atoms with Crippen molar-refractivity contribution in [3.8, 4) is 17.1 Å². The molecule has 2 saturated carbocycles. The summed E-state index contributed by atoms with van der Waals surface area (Å²) in [6.45, 7) is 12.1. The molecule has 6 atom stereocenters. The standard InChI is InChI=1S/C64H78N6O10/c1-8-63(77)53-34-55-58-43(36-70(55)59(74)51(53)38-78-60(63)75)33-48-50(37-66(5)6)56(23-22-54(48)65-58)79-61(76)69-30-28-68(29-31-69)27-13-11-9-10-12-26-67(7)44-17-14-41(15-18-44)49-35-62(4)52(24-25-64(62,39(2)71)80-40(3)72)47-20-16-42-32-45(73)19-21-46(42)57(47)49/h14-15,17-18,22-23,32-34,47,49,52,77H,8-13,16,19-21,24-31,35-38H2,1-7H3/t47-,49+,52?,62-,63-,64-/m0/s1. The maximum Gasteiger partial charge on any atom is 0.415 e. The smallest absolute Gasteiger partial charge is 0.415 e. The molecule has 11 rings (SSSR count). The number of Topliss-reactive ketones (excluding diaryl/α,β-unsaturated/α-hetero) is 1. The van der Waals surface area contributed by atoms with Crippen LogP contribution in [0.2, 0.25) is 0 Å². The van der Waals surface area contributed by atoms with E-state index in [1.54, 1.807) is 35.4 Å². The number of benzene rings is 2. The van der Waals surface area contributed by atoms with Crippen LogP contribution in [-0.4, -0.2) is 125 Å². The fourth-order valence-corrected chi connectivity index (χ4v) is 15.3. The second-order valence-electron chi connectivity index (χ2n) is 24.4. The number of cyclic esters (lactones) is 1. The van der Waals surface area contributed by atoms with Crippen LogP contribution in [0.25, 0.3) is 22.3 Å². The van der Waals surface area contributed by atoms with E-state index in [9.17, 15) is 33.9 Å². The van der Waals surface area contributed by atoms with Gasteiger partial charge in [0.05, 0.1) is 29.0 Å². The summed E-state index contributed by atoms with van der Waals surface area (Å²) in [4.78, 5) is 92.6. The van der Waals surface area contributed by atoms with E-state index in [1.165, 1.54) is 34.9 Å². The van der Waals surface area contributed by atoms with Crippen LogP contribution >= 0.6 is 0 Å². The van der Waals surface area contributed by atoms with E-state index in [0.717, 1.165) is 107 Å². The number of hydrogen-bond acceptors (Lipinski definition) is 14. The van der Waals surface area contributed by atoms with Crippen LogP contribution in [0.5, 0.6) is 5.75 Å². The minimum atomic E-state index is -1.91. The van der Waals surface area contributed by atoms with Gasteiger partial charge in [0.2, 0.25) is 0 Å². The monoisotopic (exact) mass is 1090 g/mol. The van der Waals surface area contributed by atoms with E-state index in [4.69, 9.17) is 19.2 Å². The largest absolute Gasteiger partial charge is 0.458 e. The molecule has 1 N–H and O–H groups in total. The number of aliphatic hydroxyl groups is 1. The number of piperazine rings is 1. The molecule has 0 bridgehead atoms. The number of aromatic nitrogens is 2. The fourth-order valence-electron chi connectivity index (χ4n) is 15.3. The maximum absolute atomic E-state index is 13.8. The van der Waals surface area contributed by atoms with E-state index in [1.807, 2.05) is 37.2 Å². The molecule has 3 fully saturated rings. The maximum atomic E-state index is 13.8. The minimum absolute atomic E-state index is 0.0560. The van der Waals surface area contributed by atoms with Gasteiger partial charge in [-0.3, -0.25) is 24.1 Å². The Morgan fingerprint density at radius 3 is 2.38 bits per heavy atom. The first-order chi connectivity index (χ1) is 38.3. The second kappa shape index (κ2) is 21.8. The predicted molar refractivity (Wildman–Crippen MR) is 304 cm³/mol. The van der Waals surface area contributed by atoms with Gasteiger partial charge in [-0.2, -0.15) is 0 Å². The Labute approximate surface area is 469 Å². The van der Waals surface area contributed by atoms with Crippen molar-refractivity contribution in [1.29, 1.82) is 0 Å². The van der Waals surface area contributed by atoms with Gasteiger partial charge in [0.15, 0.2) is 22.8 Å². The number of hydrogen-bond donors (Lipinski definition) is 1. The summed E-state index contributed by atoms with van der Waals surface area (Å²) in [6.07, 6.45) is 12.5. The van der Waals surface area contributed by atoms with Crippen molar-refractivity contribution < 1.29 is 43.3 Å². The van der Waals surface area contributed by atoms with E-state index in [-0.39, 0.29) is 71.7 Å². The molecule has 2 aromatic carbocycles. The highest BCUT2D eigenvalue weighted by molar-refractivity contribution is 5.93. The van der Waals surface area contributed by atoms with Gasteiger partial charge >= 0.3 is 18.0 Å². The molecule has 16 nitrogen and oxygen atoms in total. The lowest BCUT2D eigenvalue weighted by Crippen LogP contribution is -2.57. The number of ether oxygens (including phenoxy) is 3. The van der Waals surface area contributed by atoms with Crippen molar-refractivity contribution in [3.63, 3.8) is 0 Å². The summed E-state index contributed by atoms with van der Waals surface area (Å²) in [5, 5.41) is 12.1. The summed E-state index contributed by atoms with van der Waals surface area (Å²) >= 11 is 0. The molecule has 0 radical (unpaired) electrons. The molecule has 1 saturated heterocycles. The highest BCUT2D eigenvalue weighted by atomic mass is 16.6. The van der Waals surface area contributed by atoms with E-state index >= 15 is 0 Å². The number of amides is 1. The van der Waals surface area contributed by atoms with Gasteiger partial charge in [0, 0.05) is 98.8 Å². The van der Waals surface area contributed by atoms with E-state index in [2.05, 4.69) is 48.0 Å². The van der Waals surface area contributed by atoms with Gasteiger partial charge in [-0.25, -0.2) is 14.6 Å². The quantitative estimate of drug-likeness (QED) is 0.0730. The predicted octanol–water partition coefficient (Wildman–Crippen LogP) is 9.13. The van der Waals surface area contributed by atoms with Crippen LogP contribution < -0.4 is 15.2 Å². The molecule has 2 aromatic heterocycles. The Morgan fingerprint density at radius 1 is 0.900 bits per heavy atom. The van der Waals surface area contributed by atoms with Crippen LogP contribution in [0.1, 0.15) is 145 Å². The third-order valence-electron chi connectivity index (χ3n) is 19.5. The molecule has 4 aromatic rings. The van der Waals surface area contributed by atoms with Crippen molar-refractivity contribution in [2.45, 2.75) is 148 Å². The van der Waals surface area contributed by atoms with Crippen LogP contribution in [-0.2, 0) is 53.9 Å². The topological polar surface area (TPSA) is 181 Å². The number of esters is 2. The molecular weight excluding hydrogens is 1010 g/mol. The number of anilines is 1. The summed E-state index contributed by atoms with van der Waals surface area (Å²) in [6, 6.07) is 16.4. The number of fused-ring (bicyclic) bond motifs is 9. The lowest BCUT2D eigenvalue weighted by molar-refractivity contribution is -0.182. The molecule has 0 spiro atoms. The SMILES string of the molecule is CC[C@@]1(O)C(=O)OCc2c1cc1n(c2=O)Cc2cc3c(CN(C)C)c(OC(=O)N4CCN(CCCCCCCN(C)c5ccc([C@H]6C[C@@]7(C)C(CC[C@]7(OC(C)=O)C(C)=O)[C@@H]7CCC8=CC(=O)CCC8=C76)cc5)CC4)ccc3nc2-1. The van der Waals surface area contributed by atoms with Crippen molar-refractivity contribution in [1.82, 2.24) is 24.3 Å². The van der Waals surface area contributed by atoms with Crippen LogP contribution in [0.3, 0.4) is 0 Å². The molecule has 4 aliphatic carbocycles. The van der Waals surface area contributed by atoms with Crippen LogP contribution in [0.15, 0.2) is 76.1 Å². The van der Waals surface area contributed by atoms with Gasteiger partial charge in [-0.1, -0.05) is 50.8 Å². The number of rotatable bonds is 16. The molecular formula is C64H78N6O10. The molecule has 7 aliphatic rings. The zero-order valence-corrected chi connectivity index (χ0v) is 47.8. The number of ketones is 2. The van der Waals surface area contributed by atoms with Gasteiger partial charge in [-0.15, -0.1) is 0 Å². The molecule has 5 heterocycles. The highest BCUT2D eigenvalue weighted by Crippen LogP contribution is 2.68. The second-order valence-corrected chi connectivity index (χ2v) is 24.4. The number of allylic oxidation sites excluding steroid dienone is 4. The summed E-state index contributed by atoms with van der Waals surface area (Å²) < 4.78 is 19.2. The first-order valence-electron chi connectivity index (χ1n) is 29.3. The summed E-state index contributed by atoms with van der Waals surface area (Å²) in [5.41, 5.74) is 6.57. The number of carbonyl (C=O) groups excluding carboxylic acids is 5. The van der Waals surface area contributed by atoms with Crippen molar-refractivity contribution in [2.75, 3.05) is 65.3 Å². The van der Waals surface area contributed by atoms with Gasteiger partial charge in [0.25, 0.3) is 5.56 Å². The summed E-state index contributed by atoms with van der Waals surface area (Å²) in [7, 11) is 6.08. The van der Waals surface area contributed by atoms with Crippen LogP contribution in [0, 0.1) is 17.3 Å². The van der Waals surface area contributed by atoms with Crippen LogP contribution in [0.4, 0.5) is 10.5 Å². The molecule has 80 heavy (non-hydrogen) atoms. The highest BCUT2D eigenvalue weighted by Gasteiger charge is 2.67. The molecule has 1 unspecified atom stereocenters. The molecule has 3 aliphatic heterocycles. The Balaban J connectivity index is 0.658. The van der Waals surface area contributed by atoms with Gasteiger partial charge < -0.3 is 38.6 Å². The zero-order valence-electron chi connectivity index (χ0n) is 47.8. The minimum Gasteiger partial charge on any atom is -0.458 e. The third kappa shape index (κ3) is 9.69. The molecule has 16 heteroatoms. The van der Waals surface area contributed by atoms with E-state index in [0.29, 0.717) is 55.1 Å². The Hall–Kier alpha value is -6.49. The average molecular weight is 1090 g/mol. The summed E-state index contributed by atoms with van der Waals surface area (Å²) in [5.74, 6) is 0.0363. The fraction of sp³-hybridized carbons (Fsp3) is 0.547. The lowest BCUT2D eigenvalue weighted by Gasteiger charge is -2.55. The molecule has 1 amide bonds. The Bertz CT molecular complexity index is 3300. The van der Waals surface area contributed by atoms with Crippen molar-refractivity contribution in [3.05, 3.63) is 109 Å². The average Bonchev–Trinajstić information content (AvgIpc) is 4.01. The normalized spacial score (nSPS) is 26.0. The zero-order chi connectivity index (χ0) is 56.4. The first kappa shape index (κ1) is 55.4. The first-order valence-corrected chi connectivity index (χ1v) is 29.3. The van der Waals surface area contributed by atoms with E-state index < -0.39 is 28.6 Å². The number of carbonyl (C=O) groups is 5.